The number of methoxy groups -OCH3 is 3. The maximum atomic E-state index is 14.6. The molecular weight excluding hydrogens is 584 g/mol. The molecule has 2 amide bonds. The number of fused-ring (bicyclic) bond motifs is 2. The number of carbonyl (C=O) groups excluding carboxylic acids is 2. The number of aromatic nitrogens is 4. The van der Waals surface area contributed by atoms with E-state index in [4.69, 9.17) is 14.2 Å². The van der Waals surface area contributed by atoms with Crippen LogP contribution in [0.3, 0.4) is 0 Å². The van der Waals surface area contributed by atoms with Gasteiger partial charge in [0.2, 0.25) is 17.6 Å². The molecule has 2 heterocycles. The molecule has 0 saturated carbocycles. The summed E-state index contributed by atoms with van der Waals surface area (Å²) in [5.74, 6) is 0.189. The van der Waals surface area contributed by atoms with Crippen molar-refractivity contribution in [1.82, 2.24) is 25.3 Å². The Labute approximate surface area is 265 Å². The Hall–Kier alpha value is -5.97. The van der Waals surface area contributed by atoms with E-state index in [0.717, 1.165) is 16.5 Å². The molecule has 0 bridgehead atoms. The monoisotopic (exact) mass is 616 g/mol. The van der Waals surface area contributed by atoms with Crippen molar-refractivity contribution in [2.24, 2.45) is 0 Å². The third-order valence-corrected chi connectivity index (χ3v) is 7.65. The fourth-order valence-electron chi connectivity index (χ4n) is 5.43. The Morgan fingerprint density at radius 2 is 1.50 bits per heavy atom. The summed E-state index contributed by atoms with van der Waals surface area (Å²) in [4.78, 5) is 35.0. The molecule has 1 N–H and O–H groups in total. The highest BCUT2D eigenvalue weighted by Gasteiger charge is 2.35. The molecule has 232 valence electrons. The Bertz CT molecular complexity index is 1990. The maximum Gasteiger partial charge on any atom is 0.249 e. The van der Waals surface area contributed by atoms with Gasteiger partial charge in [-0.3, -0.25) is 19.5 Å². The quantitative estimate of drug-likeness (QED) is 0.214. The van der Waals surface area contributed by atoms with Crippen LogP contribution in [0.15, 0.2) is 103 Å². The van der Waals surface area contributed by atoms with Crippen molar-refractivity contribution in [2.45, 2.75) is 19.1 Å². The van der Waals surface area contributed by atoms with Crippen molar-refractivity contribution in [1.29, 1.82) is 0 Å². The zero-order valence-corrected chi connectivity index (χ0v) is 25.6. The standard InChI is InChI=1S/C35H32N6O5/c1-44-30-18-25(19-31(45-2)34(30)46-3)33(35(43)37-20-23-11-5-4-6-12-23)41(26-17-24-13-7-8-14-27(24)36-21-26)32(42)22-40-29-16-10-9-15-28(29)38-39-40/h4-19,21,33H,20,22H2,1-3H3,(H,37,43)/t33-/m0/s1. The summed E-state index contributed by atoms with van der Waals surface area (Å²) >= 11 is 0. The normalized spacial score (nSPS) is 11.6. The van der Waals surface area contributed by atoms with Crippen molar-refractivity contribution in [3.63, 3.8) is 0 Å². The lowest BCUT2D eigenvalue weighted by atomic mass is 10.0. The number of amides is 2. The minimum atomic E-state index is -1.18. The second-order valence-electron chi connectivity index (χ2n) is 10.5. The number of nitrogens with one attached hydrogen (secondary N) is 1. The smallest absolute Gasteiger partial charge is 0.249 e. The Morgan fingerprint density at radius 3 is 2.22 bits per heavy atom. The minimum absolute atomic E-state index is 0.194. The second kappa shape index (κ2) is 13.3. The molecule has 6 rings (SSSR count). The van der Waals surface area contributed by atoms with E-state index in [1.165, 1.54) is 30.9 Å². The fourth-order valence-corrected chi connectivity index (χ4v) is 5.43. The molecule has 0 saturated heterocycles. The molecule has 0 unspecified atom stereocenters. The van der Waals surface area contributed by atoms with E-state index in [2.05, 4.69) is 20.6 Å². The van der Waals surface area contributed by atoms with Gasteiger partial charge in [-0.05, 0) is 47.5 Å². The summed E-state index contributed by atoms with van der Waals surface area (Å²) in [6, 6.07) is 28.5. The molecule has 0 aliphatic rings. The van der Waals surface area contributed by atoms with Gasteiger partial charge >= 0.3 is 0 Å². The van der Waals surface area contributed by atoms with Crippen molar-refractivity contribution in [3.8, 4) is 17.2 Å². The first-order valence-corrected chi connectivity index (χ1v) is 14.6. The van der Waals surface area contributed by atoms with Crippen LogP contribution in [0, 0.1) is 0 Å². The van der Waals surface area contributed by atoms with Gasteiger partial charge in [0.05, 0.1) is 44.2 Å². The van der Waals surface area contributed by atoms with Crippen molar-refractivity contribution < 1.29 is 23.8 Å². The van der Waals surface area contributed by atoms with Gasteiger partial charge in [-0.2, -0.15) is 0 Å². The molecule has 11 heteroatoms. The summed E-state index contributed by atoms with van der Waals surface area (Å²) < 4.78 is 18.4. The lowest BCUT2D eigenvalue weighted by Gasteiger charge is -2.32. The van der Waals surface area contributed by atoms with Gasteiger partial charge in [0.15, 0.2) is 11.5 Å². The van der Waals surface area contributed by atoms with Crippen LogP contribution in [-0.4, -0.2) is 53.1 Å². The van der Waals surface area contributed by atoms with Crippen molar-refractivity contribution in [2.75, 3.05) is 26.2 Å². The predicted molar refractivity (Wildman–Crippen MR) is 174 cm³/mol. The number of hydrogen-bond donors (Lipinski definition) is 1. The van der Waals surface area contributed by atoms with E-state index in [-0.39, 0.29) is 13.1 Å². The van der Waals surface area contributed by atoms with E-state index < -0.39 is 17.9 Å². The molecule has 46 heavy (non-hydrogen) atoms. The van der Waals surface area contributed by atoms with Crippen LogP contribution >= 0.6 is 0 Å². The van der Waals surface area contributed by atoms with Crippen LogP contribution in [0.1, 0.15) is 17.2 Å². The number of rotatable bonds is 11. The number of pyridine rings is 1. The Kier molecular flexibility index (Phi) is 8.73. The highest BCUT2D eigenvalue weighted by Crippen LogP contribution is 2.42. The molecule has 4 aromatic carbocycles. The molecule has 11 nitrogen and oxygen atoms in total. The van der Waals surface area contributed by atoms with E-state index in [9.17, 15) is 9.59 Å². The summed E-state index contributed by atoms with van der Waals surface area (Å²) in [7, 11) is 4.50. The number of para-hydroxylation sites is 2. The van der Waals surface area contributed by atoms with E-state index in [1.807, 2.05) is 84.9 Å². The topological polar surface area (TPSA) is 121 Å². The number of benzene rings is 4. The number of ether oxygens (including phenoxy) is 3. The molecule has 0 aliphatic heterocycles. The van der Waals surface area contributed by atoms with Crippen LogP contribution < -0.4 is 24.4 Å². The number of nitrogens with zero attached hydrogens (tertiary/aromatic N) is 5. The third kappa shape index (κ3) is 6.03. The van der Waals surface area contributed by atoms with Gasteiger partial charge in [0.1, 0.15) is 18.1 Å². The first-order chi connectivity index (χ1) is 22.5. The zero-order valence-electron chi connectivity index (χ0n) is 25.6. The molecule has 0 spiro atoms. The SMILES string of the molecule is COc1cc([C@@H](C(=O)NCc2ccccc2)N(C(=O)Cn2nnc3ccccc32)c2cnc3ccccc3c2)cc(OC)c1OC. The molecule has 2 aromatic heterocycles. The highest BCUT2D eigenvalue weighted by atomic mass is 16.5. The Morgan fingerprint density at radius 1 is 0.826 bits per heavy atom. The first kappa shape index (κ1) is 30.1. The van der Waals surface area contributed by atoms with Crippen molar-refractivity contribution >= 4 is 39.4 Å². The summed E-state index contributed by atoms with van der Waals surface area (Å²) in [6.07, 6.45) is 1.59. The molecule has 0 radical (unpaired) electrons. The largest absolute Gasteiger partial charge is 0.493 e. The first-order valence-electron chi connectivity index (χ1n) is 14.6. The average Bonchev–Trinajstić information content (AvgIpc) is 3.51. The molecule has 6 aromatic rings. The summed E-state index contributed by atoms with van der Waals surface area (Å²) in [5.41, 5.74) is 3.84. The van der Waals surface area contributed by atoms with Crippen LogP contribution in [-0.2, 0) is 22.7 Å². The second-order valence-corrected chi connectivity index (χ2v) is 10.5. The number of carbonyl (C=O) groups is 2. The Balaban J connectivity index is 1.51. The van der Waals surface area contributed by atoms with E-state index in [0.29, 0.717) is 39.5 Å². The molecule has 1 atom stereocenters. The summed E-state index contributed by atoms with van der Waals surface area (Å²) in [5, 5.41) is 12.3. The van der Waals surface area contributed by atoms with E-state index >= 15 is 0 Å². The molecular formula is C35H32N6O5. The van der Waals surface area contributed by atoms with Crippen LogP contribution in [0.2, 0.25) is 0 Å². The van der Waals surface area contributed by atoms with Gasteiger partial charge in [-0.15, -0.1) is 5.10 Å². The van der Waals surface area contributed by atoms with Crippen LogP contribution in [0.4, 0.5) is 5.69 Å². The van der Waals surface area contributed by atoms with Crippen molar-refractivity contribution in [3.05, 3.63) is 114 Å². The highest BCUT2D eigenvalue weighted by molar-refractivity contribution is 6.02. The maximum absolute atomic E-state index is 14.6. The van der Waals surface area contributed by atoms with Gasteiger partial charge in [-0.1, -0.05) is 65.9 Å². The third-order valence-electron chi connectivity index (χ3n) is 7.65. The number of anilines is 1. The van der Waals surface area contributed by atoms with Crippen LogP contribution in [0.5, 0.6) is 17.2 Å². The number of hydrogen-bond acceptors (Lipinski definition) is 8. The van der Waals surface area contributed by atoms with Gasteiger partial charge in [-0.25, -0.2) is 4.68 Å². The lowest BCUT2D eigenvalue weighted by Crippen LogP contribution is -2.45. The molecule has 0 fully saturated rings. The average molecular weight is 617 g/mol. The predicted octanol–water partition coefficient (Wildman–Crippen LogP) is 5.10. The van der Waals surface area contributed by atoms with Gasteiger partial charge in [0.25, 0.3) is 0 Å². The summed E-state index contributed by atoms with van der Waals surface area (Å²) in [6.45, 7) is 0.0482. The fraction of sp³-hybridized carbons (Fsp3) is 0.171. The van der Waals surface area contributed by atoms with Crippen LogP contribution in [0.25, 0.3) is 21.9 Å². The molecule has 0 aliphatic carbocycles. The van der Waals surface area contributed by atoms with E-state index in [1.54, 1.807) is 18.3 Å². The van der Waals surface area contributed by atoms with Gasteiger partial charge in [0, 0.05) is 11.9 Å². The van der Waals surface area contributed by atoms with Gasteiger partial charge < -0.3 is 19.5 Å². The minimum Gasteiger partial charge on any atom is -0.493 e. The lowest BCUT2D eigenvalue weighted by molar-refractivity contribution is -0.127. The zero-order chi connectivity index (χ0) is 32.0.